The number of carboxylic acids is 1. The lowest BCUT2D eigenvalue weighted by molar-refractivity contribution is 0.0678. The molecule has 1 aromatic heterocycles. The number of aromatic nitrogens is 1. The largest absolute Gasteiger partial charge is 0.486 e. The van der Waals surface area contributed by atoms with Crippen LogP contribution in [-0.2, 0) is 5.54 Å². The summed E-state index contributed by atoms with van der Waals surface area (Å²) in [7, 11) is 0. The van der Waals surface area contributed by atoms with Crippen LogP contribution in [0.25, 0.3) is 10.9 Å². The maximum atomic E-state index is 13.9. The molecule has 0 aliphatic carbocycles. The Morgan fingerprint density at radius 3 is 2.77 bits per heavy atom. The van der Waals surface area contributed by atoms with E-state index < -0.39 is 46.5 Å². The highest BCUT2D eigenvalue weighted by Crippen LogP contribution is 2.37. The lowest BCUT2D eigenvalue weighted by atomic mass is 9.99. The summed E-state index contributed by atoms with van der Waals surface area (Å²) < 4.78 is 34.0. The smallest absolute Gasteiger partial charge is 0.341 e. The van der Waals surface area contributed by atoms with Gasteiger partial charge in [0.15, 0.2) is 11.6 Å². The molecule has 1 aliphatic rings. The number of halogens is 2. The van der Waals surface area contributed by atoms with Gasteiger partial charge in [-0.25, -0.2) is 9.18 Å². The average molecular weight is 311 g/mol. The first kappa shape index (κ1) is 14.5. The lowest BCUT2D eigenvalue weighted by Gasteiger charge is -2.36. The highest BCUT2D eigenvalue weighted by atomic mass is 19.2. The van der Waals surface area contributed by atoms with Gasteiger partial charge >= 0.3 is 5.97 Å². The number of hydrogen-bond acceptors (Lipinski definition) is 4. The summed E-state index contributed by atoms with van der Waals surface area (Å²) in [5.74, 6) is -4.52. The molecule has 3 rings (SSSR count). The summed E-state index contributed by atoms with van der Waals surface area (Å²) in [5, 5.41) is 18.4. The number of aromatic carboxylic acids is 1. The molecule has 116 valence electrons. The van der Waals surface area contributed by atoms with Gasteiger partial charge in [0.2, 0.25) is 11.2 Å². The van der Waals surface area contributed by atoms with Crippen molar-refractivity contribution < 1.29 is 28.5 Å². The molecule has 1 aromatic carbocycles. The van der Waals surface area contributed by atoms with Gasteiger partial charge in [-0.05, 0) is 13.0 Å². The molecule has 22 heavy (non-hydrogen) atoms. The third kappa shape index (κ3) is 1.73. The molecule has 0 spiro atoms. The van der Waals surface area contributed by atoms with E-state index >= 15 is 0 Å². The summed E-state index contributed by atoms with van der Waals surface area (Å²) in [6, 6.07) is 0.645. The predicted octanol–water partition coefficient (Wildman–Crippen LogP) is 1.08. The van der Waals surface area contributed by atoms with E-state index in [2.05, 4.69) is 0 Å². The van der Waals surface area contributed by atoms with Crippen LogP contribution >= 0.6 is 0 Å². The van der Waals surface area contributed by atoms with E-state index in [4.69, 9.17) is 9.84 Å². The number of rotatable bonds is 2. The minimum absolute atomic E-state index is 0.0725. The van der Waals surface area contributed by atoms with Gasteiger partial charge in [-0.3, -0.25) is 4.79 Å². The molecule has 0 fully saturated rings. The number of hydrogen-bond donors (Lipinski definition) is 2. The molecule has 0 saturated heterocycles. The molecule has 1 aliphatic heterocycles. The zero-order valence-corrected chi connectivity index (χ0v) is 11.4. The van der Waals surface area contributed by atoms with E-state index in [1.54, 1.807) is 6.92 Å². The van der Waals surface area contributed by atoms with Gasteiger partial charge in [-0.15, -0.1) is 0 Å². The van der Waals surface area contributed by atoms with Crippen molar-refractivity contribution in [2.24, 2.45) is 0 Å². The third-order valence-corrected chi connectivity index (χ3v) is 3.82. The Morgan fingerprint density at radius 1 is 1.50 bits per heavy atom. The van der Waals surface area contributed by atoms with E-state index in [1.165, 1.54) is 4.57 Å². The summed E-state index contributed by atoms with van der Waals surface area (Å²) in [4.78, 5) is 23.4. The Labute approximate surface area is 122 Å². The van der Waals surface area contributed by atoms with Gasteiger partial charge in [-0.2, -0.15) is 4.39 Å². The van der Waals surface area contributed by atoms with E-state index in [9.17, 15) is 23.5 Å². The first-order chi connectivity index (χ1) is 10.3. The molecular formula is C14H11F2NO5. The summed E-state index contributed by atoms with van der Waals surface area (Å²) >= 11 is 0. The van der Waals surface area contributed by atoms with Gasteiger partial charge in [0.05, 0.1) is 23.0 Å². The molecule has 2 N–H and O–H groups in total. The molecule has 8 heteroatoms. The first-order valence-corrected chi connectivity index (χ1v) is 6.35. The van der Waals surface area contributed by atoms with Crippen molar-refractivity contribution in [2.75, 3.05) is 13.2 Å². The van der Waals surface area contributed by atoms with Crippen molar-refractivity contribution in [2.45, 2.75) is 12.5 Å². The Morgan fingerprint density at radius 2 is 2.18 bits per heavy atom. The van der Waals surface area contributed by atoms with Gasteiger partial charge in [0.1, 0.15) is 12.2 Å². The molecule has 1 unspecified atom stereocenters. The number of carboxylic acid groups (broad SMARTS) is 1. The van der Waals surface area contributed by atoms with Gasteiger partial charge in [0.25, 0.3) is 0 Å². The van der Waals surface area contributed by atoms with Crippen molar-refractivity contribution >= 4 is 16.9 Å². The van der Waals surface area contributed by atoms with Gasteiger partial charge < -0.3 is 19.5 Å². The number of pyridine rings is 1. The third-order valence-electron chi connectivity index (χ3n) is 3.82. The van der Waals surface area contributed by atoms with Crippen LogP contribution in [0.15, 0.2) is 17.1 Å². The topological polar surface area (TPSA) is 88.8 Å². The summed E-state index contributed by atoms with van der Waals surface area (Å²) in [6.45, 7) is 0.906. The highest BCUT2D eigenvalue weighted by Gasteiger charge is 2.36. The van der Waals surface area contributed by atoms with Crippen LogP contribution in [0.2, 0.25) is 0 Å². The maximum absolute atomic E-state index is 13.9. The first-order valence-electron chi connectivity index (χ1n) is 6.35. The number of benzene rings is 1. The molecule has 2 heterocycles. The quantitative estimate of drug-likeness (QED) is 0.866. The van der Waals surface area contributed by atoms with Crippen molar-refractivity contribution in [1.82, 2.24) is 4.57 Å². The maximum Gasteiger partial charge on any atom is 0.341 e. The van der Waals surface area contributed by atoms with Crippen LogP contribution in [0.4, 0.5) is 8.78 Å². The molecule has 1 atom stereocenters. The number of nitrogens with zero attached hydrogens (tertiary/aromatic N) is 1. The monoisotopic (exact) mass is 311 g/mol. The standard InChI is InChI=1S/C14H11F2NO5/c1-14(4-18)5-22-12-9(16)8(15)2-6-10(12)17(14)3-7(11(6)19)13(20)21/h2-3,18H,4-5H2,1H3,(H,20,21). The van der Waals surface area contributed by atoms with Crippen LogP contribution in [0.1, 0.15) is 17.3 Å². The Kier molecular flexibility index (Phi) is 2.96. The molecule has 6 nitrogen and oxygen atoms in total. The van der Waals surface area contributed by atoms with Gasteiger partial charge in [-0.1, -0.05) is 0 Å². The molecule has 0 amide bonds. The second-order valence-corrected chi connectivity index (χ2v) is 5.39. The van der Waals surface area contributed by atoms with E-state index in [-0.39, 0.29) is 17.5 Å². The SMILES string of the molecule is CC1(CO)COc2c(F)c(F)cc3c(=O)c(C(=O)O)cn1c23. The summed E-state index contributed by atoms with van der Waals surface area (Å²) in [6.07, 6.45) is 1.02. The molecule has 0 bridgehead atoms. The van der Waals surface area contributed by atoms with Crippen LogP contribution in [0.5, 0.6) is 5.75 Å². The Bertz CT molecular complexity index is 876. The summed E-state index contributed by atoms with van der Waals surface area (Å²) in [5.41, 5.74) is -2.71. The fourth-order valence-electron chi connectivity index (χ4n) is 2.53. The van der Waals surface area contributed by atoms with Crippen molar-refractivity contribution in [3.8, 4) is 5.75 Å². The zero-order valence-electron chi connectivity index (χ0n) is 11.4. The highest BCUT2D eigenvalue weighted by molar-refractivity contribution is 5.94. The van der Waals surface area contributed by atoms with E-state index in [1.807, 2.05) is 0 Å². The number of ether oxygens (including phenoxy) is 1. The number of carbonyl (C=O) groups is 1. The van der Waals surface area contributed by atoms with Gasteiger partial charge in [0, 0.05) is 6.20 Å². The van der Waals surface area contributed by atoms with E-state index in [0.29, 0.717) is 6.07 Å². The van der Waals surface area contributed by atoms with Crippen molar-refractivity contribution in [3.63, 3.8) is 0 Å². The normalized spacial score (nSPS) is 20.0. The molecule has 2 aromatic rings. The molecule has 0 radical (unpaired) electrons. The average Bonchev–Trinajstić information content (AvgIpc) is 2.48. The minimum atomic E-state index is -1.49. The lowest BCUT2D eigenvalue weighted by Crippen LogP contribution is -2.44. The Balaban J connectivity index is 2.58. The fraction of sp³-hybridized carbons (Fsp3) is 0.286. The van der Waals surface area contributed by atoms with Crippen LogP contribution < -0.4 is 10.2 Å². The molecule has 0 saturated carbocycles. The Hall–Kier alpha value is -2.48. The fourth-order valence-corrected chi connectivity index (χ4v) is 2.53. The second kappa shape index (κ2) is 4.51. The van der Waals surface area contributed by atoms with Crippen molar-refractivity contribution in [3.05, 3.63) is 39.7 Å². The minimum Gasteiger partial charge on any atom is -0.486 e. The van der Waals surface area contributed by atoms with Crippen LogP contribution in [0, 0.1) is 11.6 Å². The zero-order chi connectivity index (χ0) is 16.2. The van der Waals surface area contributed by atoms with Crippen molar-refractivity contribution in [1.29, 1.82) is 0 Å². The number of aliphatic hydroxyl groups excluding tert-OH is 1. The van der Waals surface area contributed by atoms with Crippen LogP contribution in [0.3, 0.4) is 0 Å². The second-order valence-electron chi connectivity index (χ2n) is 5.39. The predicted molar refractivity (Wildman–Crippen MR) is 71.3 cm³/mol. The van der Waals surface area contributed by atoms with E-state index in [0.717, 1.165) is 6.20 Å². The van der Waals surface area contributed by atoms with Crippen LogP contribution in [-0.4, -0.2) is 34.0 Å². The number of aliphatic hydroxyl groups is 1. The molecular weight excluding hydrogens is 300 g/mol.